The first-order valence-corrected chi connectivity index (χ1v) is 13.0. The molecule has 2 aromatic carbocycles. The monoisotopic (exact) mass is 566 g/mol. The third-order valence-electron chi connectivity index (χ3n) is 6.48. The van der Waals surface area contributed by atoms with Gasteiger partial charge in [-0.05, 0) is 30.0 Å². The van der Waals surface area contributed by atoms with E-state index in [2.05, 4.69) is 20.9 Å². The molecular weight excluding hydrogens is 532 g/mol. The third-order valence-corrected chi connectivity index (χ3v) is 6.48. The second-order valence-corrected chi connectivity index (χ2v) is 9.57. The van der Waals surface area contributed by atoms with Crippen LogP contribution >= 0.6 is 0 Å². The molecule has 13 nitrogen and oxygen atoms in total. The molecule has 0 spiro atoms. The van der Waals surface area contributed by atoms with Crippen LogP contribution in [0.1, 0.15) is 24.0 Å². The van der Waals surface area contributed by atoms with Gasteiger partial charge < -0.3 is 42.6 Å². The van der Waals surface area contributed by atoms with Gasteiger partial charge in [0.15, 0.2) is 0 Å². The molecule has 1 heterocycles. The van der Waals surface area contributed by atoms with Crippen LogP contribution in [0.4, 0.5) is 0 Å². The first-order chi connectivity index (χ1) is 19.6. The number of H-pyrrole nitrogens is 1. The molecule has 0 bridgehead atoms. The van der Waals surface area contributed by atoms with Gasteiger partial charge in [0.2, 0.25) is 23.6 Å². The zero-order valence-corrected chi connectivity index (χ0v) is 22.2. The van der Waals surface area contributed by atoms with E-state index in [0.717, 1.165) is 16.5 Å². The highest BCUT2D eigenvalue weighted by Gasteiger charge is 2.30. The van der Waals surface area contributed by atoms with Crippen molar-refractivity contribution in [3.8, 4) is 0 Å². The molecule has 4 amide bonds. The number of benzene rings is 2. The number of rotatable bonds is 15. The molecule has 4 unspecified atom stereocenters. The molecule has 3 aromatic rings. The molecule has 0 saturated carbocycles. The Hall–Kier alpha value is -4.75. The van der Waals surface area contributed by atoms with Crippen LogP contribution in [-0.2, 0) is 36.8 Å². The van der Waals surface area contributed by atoms with Crippen LogP contribution in [0.15, 0.2) is 60.8 Å². The van der Waals surface area contributed by atoms with Gasteiger partial charge >= 0.3 is 5.97 Å². The van der Waals surface area contributed by atoms with Crippen LogP contribution in [0.2, 0.25) is 0 Å². The molecule has 0 aliphatic heterocycles. The molecule has 41 heavy (non-hydrogen) atoms. The average molecular weight is 567 g/mol. The number of hydrogen-bond donors (Lipinski definition) is 8. The number of aromatic nitrogens is 1. The number of aliphatic carboxylic acids is 1. The summed E-state index contributed by atoms with van der Waals surface area (Å²) in [5.41, 5.74) is 13.9. The predicted molar refractivity (Wildman–Crippen MR) is 149 cm³/mol. The van der Waals surface area contributed by atoms with Crippen molar-refractivity contribution in [2.75, 3.05) is 6.61 Å². The highest BCUT2D eigenvalue weighted by atomic mass is 16.4. The van der Waals surface area contributed by atoms with Crippen molar-refractivity contribution in [3.05, 3.63) is 71.9 Å². The fraction of sp³-hybridized carbons (Fsp3) is 0.321. The molecule has 0 saturated heterocycles. The maximum Gasteiger partial charge on any atom is 0.328 e. The second kappa shape index (κ2) is 14.6. The Labute approximate surface area is 235 Å². The number of aromatic amines is 1. The maximum absolute atomic E-state index is 13.4. The molecule has 0 radical (unpaired) electrons. The second-order valence-electron chi connectivity index (χ2n) is 9.57. The first kappa shape index (κ1) is 30.8. The number of amides is 4. The van der Waals surface area contributed by atoms with Crippen LogP contribution in [0.5, 0.6) is 0 Å². The number of para-hydroxylation sites is 1. The number of hydrogen-bond acceptors (Lipinski definition) is 7. The fourth-order valence-electron chi connectivity index (χ4n) is 4.25. The molecule has 218 valence electrons. The Balaban J connectivity index is 1.77. The number of fused-ring (bicyclic) bond motifs is 1. The van der Waals surface area contributed by atoms with Gasteiger partial charge in [-0.25, -0.2) is 4.79 Å². The van der Waals surface area contributed by atoms with E-state index in [-0.39, 0.29) is 25.7 Å². The third kappa shape index (κ3) is 8.88. The summed E-state index contributed by atoms with van der Waals surface area (Å²) in [6.07, 6.45) is 1.48. The molecule has 10 N–H and O–H groups in total. The molecule has 1 aromatic heterocycles. The average Bonchev–Trinajstić information content (AvgIpc) is 3.36. The highest BCUT2D eigenvalue weighted by Crippen LogP contribution is 2.19. The van der Waals surface area contributed by atoms with Gasteiger partial charge in [0, 0.05) is 29.9 Å². The van der Waals surface area contributed by atoms with Crippen molar-refractivity contribution < 1.29 is 34.2 Å². The minimum atomic E-state index is -1.63. The van der Waals surface area contributed by atoms with E-state index >= 15 is 0 Å². The van der Waals surface area contributed by atoms with Crippen LogP contribution in [0.3, 0.4) is 0 Å². The number of aliphatic hydroxyl groups is 1. The van der Waals surface area contributed by atoms with E-state index in [1.165, 1.54) is 0 Å². The summed E-state index contributed by atoms with van der Waals surface area (Å²) in [4.78, 5) is 65.1. The summed E-state index contributed by atoms with van der Waals surface area (Å²) in [5, 5.41) is 26.6. The Morgan fingerprint density at radius 3 is 2.07 bits per heavy atom. The van der Waals surface area contributed by atoms with E-state index in [1.54, 1.807) is 36.5 Å². The Morgan fingerprint density at radius 2 is 1.41 bits per heavy atom. The van der Waals surface area contributed by atoms with Gasteiger partial charge in [0.25, 0.3) is 0 Å². The molecule has 0 fully saturated rings. The lowest BCUT2D eigenvalue weighted by molar-refractivity contribution is -0.143. The predicted octanol–water partition coefficient (Wildman–Crippen LogP) is -0.923. The Kier molecular flexibility index (Phi) is 11.0. The Bertz CT molecular complexity index is 1380. The number of nitrogens with one attached hydrogen (secondary N) is 4. The van der Waals surface area contributed by atoms with E-state index in [0.29, 0.717) is 5.56 Å². The van der Waals surface area contributed by atoms with E-state index in [4.69, 9.17) is 16.6 Å². The van der Waals surface area contributed by atoms with Crippen LogP contribution in [0.25, 0.3) is 10.9 Å². The summed E-state index contributed by atoms with van der Waals surface area (Å²) in [5.74, 6) is -4.54. The van der Waals surface area contributed by atoms with Crippen molar-refractivity contribution in [2.45, 2.75) is 49.9 Å². The van der Waals surface area contributed by atoms with Crippen molar-refractivity contribution in [3.63, 3.8) is 0 Å². The van der Waals surface area contributed by atoms with E-state index < -0.39 is 60.4 Å². The first-order valence-electron chi connectivity index (χ1n) is 13.0. The van der Waals surface area contributed by atoms with Crippen molar-refractivity contribution in [1.29, 1.82) is 0 Å². The topological polar surface area (TPSA) is 230 Å². The SMILES string of the molecule is NC(=O)CCC(NC(=O)C(Cc1ccccc1)NC(=O)C(N)Cc1c[nH]c2ccccc12)C(=O)NC(CO)C(=O)O. The van der Waals surface area contributed by atoms with Gasteiger partial charge in [-0.1, -0.05) is 48.5 Å². The summed E-state index contributed by atoms with van der Waals surface area (Å²) in [7, 11) is 0. The number of carbonyl (C=O) groups is 5. The van der Waals surface area contributed by atoms with Crippen molar-refractivity contribution in [1.82, 2.24) is 20.9 Å². The van der Waals surface area contributed by atoms with Gasteiger partial charge in [-0.15, -0.1) is 0 Å². The van der Waals surface area contributed by atoms with Crippen molar-refractivity contribution in [2.24, 2.45) is 11.5 Å². The van der Waals surface area contributed by atoms with Gasteiger partial charge in [-0.3, -0.25) is 19.2 Å². The van der Waals surface area contributed by atoms with Crippen LogP contribution < -0.4 is 27.4 Å². The fourth-order valence-corrected chi connectivity index (χ4v) is 4.25. The number of carbonyl (C=O) groups excluding carboxylic acids is 4. The zero-order chi connectivity index (χ0) is 29.9. The number of nitrogens with two attached hydrogens (primary N) is 2. The normalized spacial score (nSPS) is 13.9. The minimum Gasteiger partial charge on any atom is -0.480 e. The summed E-state index contributed by atoms with van der Waals surface area (Å²) in [6.45, 7) is -0.890. The largest absolute Gasteiger partial charge is 0.480 e. The standard InChI is InChI=1S/C28H34N6O7/c29-19(13-17-14-31-20-9-5-4-8-18(17)20)25(37)33-22(12-16-6-2-1-3-7-16)27(39)32-21(10-11-24(30)36)26(38)34-23(15-35)28(40)41/h1-9,14,19,21-23,31,35H,10-13,15,29H2,(H2,30,36)(H,32,39)(H,33,37)(H,34,38)(H,40,41). The van der Waals surface area contributed by atoms with E-state index in [1.807, 2.05) is 24.3 Å². The molecule has 3 rings (SSSR count). The summed E-state index contributed by atoms with van der Waals surface area (Å²) < 4.78 is 0. The summed E-state index contributed by atoms with van der Waals surface area (Å²) in [6, 6.07) is 11.2. The highest BCUT2D eigenvalue weighted by molar-refractivity contribution is 5.95. The van der Waals surface area contributed by atoms with Crippen LogP contribution in [0, 0.1) is 0 Å². The molecular formula is C28H34N6O7. The van der Waals surface area contributed by atoms with Gasteiger partial charge in [0.1, 0.15) is 18.1 Å². The van der Waals surface area contributed by atoms with Crippen molar-refractivity contribution >= 4 is 40.5 Å². The quantitative estimate of drug-likeness (QED) is 0.114. The van der Waals surface area contributed by atoms with Crippen LogP contribution in [-0.4, -0.2) is 75.6 Å². The van der Waals surface area contributed by atoms with Gasteiger partial charge in [0.05, 0.1) is 12.6 Å². The molecule has 0 aliphatic carbocycles. The number of carboxylic acid groups (broad SMARTS) is 1. The minimum absolute atomic E-state index is 0.0523. The zero-order valence-electron chi connectivity index (χ0n) is 22.2. The lowest BCUT2D eigenvalue weighted by Gasteiger charge is -2.25. The Morgan fingerprint density at radius 1 is 0.805 bits per heavy atom. The summed E-state index contributed by atoms with van der Waals surface area (Å²) >= 11 is 0. The maximum atomic E-state index is 13.4. The molecule has 0 aliphatic rings. The lowest BCUT2D eigenvalue weighted by Crippen LogP contribution is -2.58. The van der Waals surface area contributed by atoms with E-state index in [9.17, 15) is 29.1 Å². The number of primary amides is 1. The number of aliphatic hydroxyl groups excluding tert-OH is 1. The lowest BCUT2D eigenvalue weighted by atomic mass is 10.0. The molecule has 13 heteroatoms. The van der Waals surface area contributed by atoms with Gasteiger partial charge in [-0.2, -0.15) is 0 Å². The smallest absolute Gasteiger partial charge is 0.328 e. The number of carboxylic acids is 1. The molecule has 4 atom stereocenters.